The van der Waals surface area contributed by atoms with Crippen molar-refractivity contribution in [3.63, 3.8) is 0 Å². The Labute approximate surface area is 261 Å². The van der Waals surface area contributed by atoms with Crippen LogP contribution in [0.3, 0.4) is 0 Å². The number of aliphatic imine (C=N–C) groups is 1. The van der Waals surface area contributed by atoms with Gasteiger partial charge in [0.05, 0.1) is 12.3 Å². The minimum atomic E-state index is 0.607. The predicted molar refractivity (Wildman–Crippen MR) is 190 cm³/mol. The molecule has 0 saturated carbocycles. The quantitative estimate of drug-likeness (QED) is 0.174. The van der Waals surface area contributed by atoms with Crippen LogP contribution in [-0.2, 0) is 6.54 Å². The van der Waals surface area contributed by atoms with Crippen LogP contribution in [0, 0.1) is 0 Å². The van der Waals surface area contributed by atoms with Gasteiger partial charge in [0.2, 0.25) is 0 Å². The summed E-state index contributed by atoms with van der Waals surface area (Å²) in [7, 11) is 0. The molecule has 1 aromatic heterocycles. The summed E-state index contributed by atoms with van der Waals surface area (Å²) in [6.45, 7) is 0.607. The minimum Gasteiger partial charge on any atom is -0.279 e. The van der Waals surface area contributed by atoms with Gasteiger partial charge in [0, 0.05) is 31.3 Å². The van der Waals surface area contributed by atoms with Gasteiger partial charge in [-0.2, -0.15) is 0 Å². The molecule has 1 heterocycles. The highest BCUT2D eigenvalue weighted by molar-refractivity contribution is 7.25. The Morgan fingerprint density at radius 1 is 0.432 bits per heavy atom. The molecule has 8 aromatic rings. The lowest BCUT2D eigenvalue weighted by Crippen LogP contribution is -2.04. The zero-order chi connectivity index (χ0) is 29.3. The van der Waals surface area contributed by atoms with E-state index in [1.165, 1.54) is 58.8 Å². The molecule has 0 N–H and O–H groups in total. The molecule has 0 fully saturated rings. The number of hydrogen-bond donors (Lipinski definition) is 0. The molecule has 208 valence electrons. The van der Waals surface area contributed by atoms with Crippen LogP contribution in [-0.4, -0.2) is 5.71 Å². The highest BCUT2D eigenvalue weighted by atomic mass is 32.1. The molecule has 0 radical (unpaired) electrons. The van der Waals surface area contributed by atoms with Crippen LogP contribution in [0.5, 0.6) is 0 Å². The lowest BCUT2D eigenvalue weighted by Gasteiger charge is -2.10. The van der Waals surface area contributed by atoms with E-state index in [1.54, 1.807) is 0 Å². The standard InChI is InChI=1S/C42H29NS/c1-3-11-30(12-4-1)31-18-20-33(21-19-31)42(32-13-5-2-6-14-32)43-28-29-10-9-17-34(24-29)37-22-23-38-39-25-35-15-7-8-16-36(35)26-41(39)44-40(38)27-37/h1-27H,28H2. The Bertz CT molecular complexity index is 2280. The maximum atomic E-state index is 5.20. The summed E-state index contributed by atoms with van der Waals surface area (Å²) in [4.78, 5) is 5.20. The minimum absolute atomic E-state index is 0.607. The highest BCUT2D eigenvalue weighted by Crippen LogP contribution is 2.38. The molecule has 0 aliphatic heterocycles. The third kappa shape index (κ3) is 5.10. The molecule has 44 heavy (non-hydrogen) atoms. The summed E-state index contributed by atoms with van der Waals surface area (Å²) < 4.78 is 2.66. The summed E-state index contributed by atoms with van der Waals surface area (Å²) >= 11 is 1.88. The van der Waals surface area contributed by atoms with E-state index in [4.69, 9.17) is 4.99 Å². The lowest BCUT2D eigenvalue weighted by atomic mass is 9.98. The third-order valence-electron chi connectivity index (χ3n) is 8.33. The fourth-order valence-corrected chi connectivity index (χ4v) is 7.23. The van der Waals surface area contributed by atoms with Crippen LogP contribution in [0.2, 0.25) is 0 Å². The summed E-state index contributed by atoms with van der Waals surface area (Å²) in [5.41, 5.74) is 9.33. The van der Waals surface area contributed by atoms with Crippen LogP contribution < -0.4 is 0 Å². The van der Waals surface area contributed by atoms with Gasteiger partial charge in [-0.15, -0.1) is 11.3 Å². The van der Waals surface area contributed by atoms with E-state index in [-0.39, 0.29) is 0 Å². The molecule has 0 bridgehead atoms. The summed E-state index contributed by atoms with van der Waals surface area (Å²) in [6.07, 6.45) is 0. The lowest BCUT2D eigenvalue weighted by molar-refractivity contribution is 1.07. The number of nitrogens with zero attached hydrogens (tertiary/aromatic N) is 1. The van der Waals surface area contributed by atoms with E-state index < -0.39 is 0 Å². The molecule has 0 amide bonds. The predicted octanol–water partition coefficient (Wildman–Crippen LogP) is 11.6. The third-order valence-corrected chi connectivity index (χ3v) is 9.45. The van der Waals surface area contributed by atoms with Crippen LogP contribution >= 0.6 is 11.3 Å². The molecular formula is C42H29NS. The first-order valence-electron chi connectivity index (χ1n) is 15.0. The molecule has 1 nitrogen and oxygen atoms in total. The monoisotopic (exact) mass is 579 g/mol. The van der Waals surface area contributed by atoms with E-state index in [1.807, 2.05) is 11.3 Å². The van der Waals surface area contributed by atoms with Gasteiger partial charge in [-0.05, 0) is 62.9 Å². The molecule has 0 atom stereocenters. The van der Waals surface area contributed by atoms with Gasteiger partial charge in [-0.3, -0.25) is 4.99 Å². The number of benzene rings is 7. The fraction of sp³-hybridized carbons (Fsp3) is 0.0238. The van der Waals surface area contributed by atoms with Crippen molar-refractivity contribution in [2.45, 2.75) is 6.54 Å². The highest BCUT2D eigenvalue weighted by Gasteiger charge is 2.10. The van der Waals surface area contributed by atoms with Crippen LogP contribution in [0.1, 0.15) is 16.7 Å². The van der Waals surface area contributed by atoms with Crippen molar-refractivity contribution in [3.8, 4) is 22.3 Å². The van der Waals surface area contributed by atoms with Gasteiger partial charge in [-0.25, -0.2) is 0 Å². The van der Waals surface area contributed by atoms with Crippen molar-refractivity contribution in [3.05, 3.63) is 180 Å². The van der Waals surface area contributed by atoms with Crippen LogP contribution in [0.4, 0.5) is 0 Å². The zero-order valence-electron chi connectivity index (χ0n) is 24.2. The van der Waals surface area contributed by atoms with Gasteiger partial charge in [0.25, 0.3) is 0 Å². The largest absolute Gasteiger partial charge is 0.279 e. The summed E-state index contributed by atoms with van der Waals surface area (Å²) in [5.74, 6) is 0. The van der Waals surface area contributed by atoms with E-state index in [9.17, 15) is 0 Å². The topological polar surface area (TPSA) is 12.4 Å². The van der Waals surface area contributed by atoms with Crippen LogP contribution in [0.15, 0.2) is 169 Å². The smallest absolute Gasteiger partial charge is 0.0723 e. The molecule has 0 aliphatic rings. The molecule has 0 saturated heterocycles. The van der Waals surface area contributed by atoms with Gasteiger partial charge < -0.3 is 0 Å². The summed E-state index contributed by atoms with van der Waals surface area (Å²) in [6, 6.07) is 58.8. The Kier molecular flexibility index (Phi) is 6.83. The first kappa shape index (κ1) is 26.3. The number of thiophene rings is 1. The van der Waals surface area contributed by atoms with Crippen molar-refractivity contribution < 1.29 is 0 Å². The molecule has 0 unspecified atom stereocenters. The van der Waals surface area contributed by atoms with Gasteiger partial charge in [0.15, 0.2) is 0 Å². The summed E-state index contributed by atoms with van der Waals surface area (Å²) in [5, 5.41) is 5.25. The number of rotatable bonds is 6. The van der Waals surface area contributed by atoms with E-state index in [2.05, 4.69) is 164 Å². The van der Waals surface area contributed by atoms with Crippen molar-refractivity contribution in [1.29, 1.82) is 0 Å². The second-order valence-corrected chi connectivity index (χ2v) is 12.3. The molecule has 2 heteroatoms. The normalized spacial score (nSPS) is 11.9. The average molecular weight is 580 g/mol. The first-order chi connectivity index (χ1) is 21.8. The van der Waals surface area contributed by atoms with Crippen molar-refractivity contribution in [1.82, 2.24) is 0 Å². The molecule has 8 rings (SSSR count). The van der Waals surface area contributed by atoms with Gasteiger partial charge in [-0.1, -0.05) is 140 Å². The van der Waals surface area contributed by atoms with Gasteiger partial charge in [0.1, 0.15) is 0 Å². The maximum absolute atomic E-state index is 5.20. The Hall–Kier alpha value is -5.31. The molecular weight excluding hydrogens is 551 g/mol. The Morgan fingerprint density at radius 2 is 1.02 bits per heavy atom. The van der Waals surface area contributed by atoms with Crippen LogP contribution in [0.25, 0.3) is 53.2 Å². The molecule has 0 spiro atoms. The first-order valence-corrected chi connectivity index (χ1v) is 15.8. The van der Waals surface area contributed by atoms with Crippen molar-refractivity contribution in [2.75, 3.05) is 0 Å². The average Bonchev–Trinajstić information content (AvgIpc) is 3.45. The number of hydrogen-bond acceptors (Lipinski definition) is 2. The van der Waals surface area contributed by atoms with Gasteiger partial charge >= 0.3 is 0 Å². The fourth-order valence-electron chi connectivity index (χ4n) is 6.06. The SMILES string of the molecule is c1ccc(C(=NCc2cccc(-c3ccc4c(c3)sc3cc5ccccc5cc34)c2)c2ccc(-c3ccccc3)cc2)cc1. The Balaban J connectivity index is 1.12. The van der Waals surface area contributed by atoms with E-state index in [0.717, 1.165) is 16.8 Å². The second-order valence-electron chi connectivity index (χ2n) is 11.2. The molecule has 0 aliphatic carbocycles. The van der Waals surface area contributed by atoms with E-state index in [0.29, 0.717) is 6.54 Å². The maximum Gasteiger partial charge on any atom is 0.0723 e. The van der Waals surface area contributed by atoms with Crippen molar-refractivity contribution in [2.24, 2.45) is 4.99 Å². The zero-order valence-corrected chi connectivity index (χ0v) is 25.0. The van der Waals surface area contributed by atoms with Crippen molar-refractivity contribution >= 4 is 48.0 Å². The second kappa shape index (κ2) is 11.4. The molecule has 7 aromatic carbocycles. The number of fused-ring (bicyclic) bond motifs is 4. The Morgan fingerprint density at radius 3 is 1.82 bits per heavy atom. The van der Waals surface area contributed by atoms with E-state index >= 15 is 0 Å².